The minimum atomic E-state index is -1.29. The van der Waals surface area contributed by atoms with Gasteiger partial charge in [-0.3, -0.25) is 0 Å². The van der Waals surface area contributed by atoms with E-state index in [1.165, 1.54) is 38.3 Å². The second-order valence-electron chi connectivity index (χ2n) is 4.54. The second kappa shape index (κ2) is 5.80. The number of benzene rings is 1. The Morgan fingerprint density at radius 3 is 2.36 bits per heavy atom. The van der Waals surface area contributed by atoms with E-state index >= 15 is 0 Å². The molecule has 1 aromatic heterocycles. The number of hydrogen-bond donors (Lipinski definition) is 2. The molecule has 1 heterocycles. The van der Waals surface area contributed by atoms with Gasteiger partial charge >= 0.3 is 11.9 Å². The number of nitrogen functional groups attached to an aromatic ring is 1. The van der Waals surface area contributed by atoms with Gasteiger partial charge in [0, 0.05) is 11.1 Å². The van der Waals surface area contributed by atoms with Crippen LogP contribution < -0.4 is 5.73 Å². The molecule has 0 atom stereocenters. The van der Waals surface area contributed by atoms with E-state index in [2.05, 4.69) is 9.72 Å². The van der Waals surface area contributed by atoms with Crippen LogP contribution >= 0.6 is 0 Å². The van der Waals surface area contributed by atoms with Gasteiger partial charge in [0.25, 0.3) is 0 Å². The van der Waals surface area contributed by atoms with Gasteiger partial charge in [-0.25, -0.2) is 19.0 Å². The predicted molar refractivity (Wildman–Crippen MR) is 77.1 cm³/mol. The third kappa shape index (κ3) is 2.60. The fraction of sp³-hybridized carbons (Fsp3) is 0.133. The SMILES string of the molecule is COC(=O)c1ccc(-c2nc(C(=O)O)c(C)c(N)c2F)cc1. The number of nitrogens with zero attached hydrogens (tertiary/aromatic N) is 1. The van der Waals surface area contributed by atoms with Gasteiger partial charge < -0.3 is 15.6 Å². The lowest BCUT2D eigenvalue weighted by molar-refractivity contribution is 0.0599. The first-order chi connectivity index (χ1) is 10.4. The van der Waals surface area contributed by atoms with Crippen molar-refractivity contribution in [2.45, 2.75) is 6.92 Å². The average Bonchev–Trinajstić information content (AvgIpc) is 2.52. The molecule has 2 rings (SSSR count). The highest BCUT2D eigenvalue weighted by atomic mass is 19.1. The van der Waals surface area contributed by atoms with E-state index < -0.39 is 17.8 Å². The van der Waals surface area contributed by atoms with Crippen LogP contribution in [0.3, 0.4) is 0 Å². The second-order valence-corrected chi connectivity index (χ2v) is 4.54. The summed E-state index contributed by atoms with van der Waals surface area (Å²) in [5.74, 6) is -2.63. The van der Waals surface area contributed by atoms with E-state index in [-0.39, 0.29) is 28.2 Å². The molecule has 6 nitrogen and oxygen atoms in total. The van der Waals surface area contributed by atoms with Crippen molar-refractivity contribution in [1.82, 2.24) is 4.98 Å². The van der Waals surface area contributed by atoms with Gasteiger partial charge in [-0.1, -0.05) is 12.1 Å². The Morgan fingerprint density at radius 2 is 1.86 bits per heavy atom. The van der Waals surface area contributed by atoms with E-state index in [4.69, 9.17) is 10.8 Å². The molecule has 1 aromatic carbocycles. The van der Waals surface area contributed by atoms with Gasteiger partial charge in [0.05, 0.1) is 18.4 Å². The number of anilines is 1. The van der Waals surface area contributed by atoms with E-state index in [0.717, 1.165) is 0 Å². The minimum absolute atomic E-state index is 0.0694. The number of carbonyl (C=O) groups excluding carboxylic acids is 1. The molecule has 0 aliphatic heterocycles. The number of aromatic nitrogens is 1. The van der Waals surface area contributed by atoms with Crippen molar-refractivity contribution < 1.29 is 23.8 Å². The number of carboxylic acids is 1. The maximum atomic E-state index is 14.2. The van der Waals surface area contributed by atoms with Crippen LogP contribution in [0.25, 0.3) is 11.3 Å². The first-order valence-corrected chi connectivity index (χ1v) is 6.24. The van der Waals surface area contributed by atoms with Crippen molar-refractivity contribution in [3.8, 4) is 11.3 Å². The van der Waals surface area contributed by atoms with Crippen molar-refractivity contribution in [3.05, 3.63) is 46.9 Å². The third-order valence-corrected chi connectivity index (χ3v) is 3.21. The van der Waals surface area contributed by atoms with Crippen molar-refractivity contribution in [2.24, 2.45) is 0 Å². The third-order valence-electron chi connectivity index (χ3n) is 3.21. The van der Waals surface area contributed by atoms with Crippen LogP contribution in [-0.4, -0.2) is 29.1 Å². The maximum absolute atomic E-state index is 14.2. The predicted octanol–water partition coefficient (Wildman–Crippen LogP) is 2.26. The zero-order valence-electron chi connectivity index (χ0n) is 11.9. The number of ether oxygens (including phenoxy) is 1. The van der Waals surface area contributed by atoms with E-state index in [0.29, 0.717) is 5.56 Å². The van der Waals surface area contributed by atoms with Gasteiger partial charge in [0.1, 0.15) is 5.69 Å². The number of rotatable bonds is 3. The molecule has 0 bridgehead atoms. The summed E-state index contributed by atoms with van der Waals surface area (Å²) >= 11 is 0. The highest BCUT2D eigenvalue weighted by molar-refractivity contribution is 5.91. The summed E-state index contributed by atoms with van der Waals surface area (Å²) in [4.78, 5) is 26.3. The molecule has 0 saturated carbocycles. The van der Waals surface area contributed by atoms with Crippen LogP contribution in [-0.2, 0) is 4.74 Å². The zero-order chi connectivity index (χ0) is 16.4. The van der Waals surface area contributed by atoms with Crippen LogP contribution in [0, 0.1) is 12.7 Å². The van der Waals surface area contributed by atoms with Crippen LogP contribution in [0.1, 0.15) is 26.4 Å². The molecule has 2 aromatic rings. The number of halogens is 1. The summed E-state index contributed by atoms with van der Waals surface area (Å²) in [6, 6.07) is 5.74. The van der Waals surface area contributed by atoms with Crippen molar-refractivity contribution in [2.75, 3.05) is 12.8 Å². The molecule has 0 radical (unpaired) electrons. The lowest BCUT2D eigenvalue weighted by atomic mass is 10.0. The van der Waals surface area contributed by atoms with Gasteiger partial charge in [0.2, 0.25) is 0 Å². The number of carboxylic acid groups (broad SMARTS) is 1. The Bertz CT molecular complexity index is 757. The van der Waals surface area contributed by atoms with E-state index in [1.807, 2.05) is 0 Å². The highest BCUT2D eigenvalue weighted by Crippen LogP contribution is 2.28. The van der Waals surface area contributed by atoms with Gasteiger partial charge in [-0.05, 0) is 19.1 Å². The van der Waals surface area contributed by atoms with Gasteiger partial charge in [0.15, 0.2) is 11.5 Å². The highest BCUT2D eigenvalue weighted by Gasteiger charge is 2.20. The standard InChI is InChI=1S/C15H13FN2O4/c1-7-11(17)10(16)13(18-12(7)14(19)20)8-3-5-9(6-4-8)15(21)22-2/h3-6H,1-2H3,(H2,17,18)(H,19,20). The number of methoxy groups -OCH3 is 1. The Morgan fingerprint density at radius 1 is 1.27 bits per heavy atom. The largest absolute Gasteiger partial charge is 0.477 e. The molecule has 22 heavy (non-hydrogen) atoms. The summed E-state index contributed by atoms with van der Waals surface area (Å²) in [6.07, 6.45) is 0. The van der Waals surface area contributed by atoms with Crippen LogP contribution in [0.2, 0.25) is 0 Å². The van der Waals surface area contributed by atoms with Gasteiger partial charge in [-0.15, -0.1) is 0 Å². The minimum Gasteiger partial charge on any atom is -0.477 e. The number of aromatic carboxylic acids is 1. The molecular formula is C15H13FN2O4. The Balaban J connectivity index is 2.57. The molecule has 114 valence electrons. The van der Waals surface area contributed by atoms with Crippen LogP contribution in [0.5, 0.6) is 0 Å². The van der Waals surface area contributed by atoms with Crippen molar-refractivity contribution >= 4 is 17.6 Å². The molecule has 0 saturated heterocycles. The van der Waals surface area contributed by atoms with Crippen molar-refractivity contribution in [3.63, 3.8) is 0 Å². The lowest BCUT2D eigenvalue weighted by Crippen LogP contribution is -2.10. The lowest BCUT2D eigenvalue weighted by Gasteiger charge is -2.10. The topological polar surface area (TPSA) is 103 Å². The molecule has 0 fully saturated rings. The normalized spacial score (nSPS) is 10.3. The fourth-order valence-corrected chi connectivity index (χ4v) is 1.95. The Kier molecular flexibility index (Phi) is 4.07. The number of pyridine rings is 1. The summed E-state index contributed by atoms with van der Waals surface area (Å²) < 4.78 is 18.8. The van der Waals surface area contributed by atoms with E-state index in [1.54, 1.807) is 0 Å². The summed E-state index contributed by atoms with van der Waals surface area (Å²) in [6.45, 7) is 1.39. The van der Waals surface area contributed by atoms with Gasteiger partial charge in [-0.2, -0.15) is 0 Å². The van der Waals surface area contributed by atoms with Crippen LogP contribution in [0.4, 0.5) is 10.1 Å². The zero-order valence-corrected chi connectivity index (χ0v) is 11.9. The molecule has 0 aliphatic carbocycles. The molecular weight excluding hydrogens is 291 g/mol. The fourth-order valence-electron chi connectivity index (χ4n) is 1.95. The summed E-state index contributed by atoms with van der Waals surface area (Å²) in [7, 11) is 1.25. The first kappa shape index (κ1) is 15.4. The first-order valence-electron chi connectivity index (χ1n) is 6.24. The molecule has 0 spiro atoms. The number of carbonyl (C=O) groups is 2. The molecule has 7 heteroatoms. The molecule has 0 unspecified atom stereocenters. The number of esters is 1. The van der Waals surface area contributed by atoms with Crippen LogP contribution in [0.15, 0.2) is 24.3 Å². The molecule has 3 N–H and O–H groups in total. The summed E-state index contributed by atoms with van der Waals surface area (Å²) in [5.41, 5.74) is 5.50. The average molecular weight is 304 g/mol. The number of hydrogen-bond acceptors (Lipinski definition) is 5. The maximum Gasteiger partial charge on any atom is 0.354 e. The number of nitrogens with two attached hydrogens (primary N) is 1. The molecule has 0 aliphatic rings. The quantitative estimate of drug-likeness (QED) is 0.843. The van der Waals surface area contributed by atoms with Crippen molar-refractivity contribution in [1.29, 1.82) is 0 Å². The summed E-state index contributed by atoms with van der Waals surface area (Å²) in [5, 5.41) is 9.10. The Hall–Kier alpha value is -2.96. The monoisotopic (exact) mass is 304 g/mol. The molecule has 0 amide bonds. The van der Waals surface area contributed by atoms with E-state index in [9.17, 15) is 14.0 Å². The Labute approximate surface area is 125 Å². The smallest absolute Gasteiger partial charge is 0.354 e.